The molecule has 3 rings (SSSR count). The molecule has 0 saturated carbocycles. The first-order chi connectivity index (χ1) is 15.0. The number of benzene rings is 3. The predicted octanol–water partition coefficient (Wildman–Crippen LogP) is 4.86. The summed E-state index contributed by atoms with van der Waals surface area (Å²) >= 11 is 0. The molecule has 0 aliphatic rings. The molecule has 6 nitrogen and oxygen atoms in total. The standard InChI is InChI=1S/C14H12O3.C11H15NO2/c1-17-11-7-8-12(13(15)9-11)14(16)10-5-3-2-4-6-10;1-2-3-8-14-11(13)9-4-6-10(12)7-5-9/h2-9,15H,1H3;4-7H,2-3,8,12H2,1H3. The first-order valence-electron chi connectivity index (χ1n) is 9.95. The van der Waals surface area contributed by atoms with Crippen molar-refractivity contribution in [2.45, 2.75) is 19.8 Å². The molecular formula is C25H27NO5. The lowest BCUT2D eigenvalue weighted by Gasteiger charge is -2.06. The highest BCUT2D eigenvalue weighted by molar-refractivity contribution is 6.10. The molecule has 3 N–H and O–H groups in total. The number of carbonyl (C=O) groups excluding carboxylic acids is 2. The summed E-state index contributed by atoms with van der Waals surface area (Å²) < 4.78 is 9.99. The van der Waals surface area contributed by atoms with E-state index >= 15 is 0 Å². The molecule has 0 aromatic heterocycles. The molecule has 0 aliphatic heterocycles. The number of nitrogen functional groups attached to an aromatic ring is 1. The second-order valence-electron chi connectivity index (χ2n) is 6.69. The van der Waals surface area contributed by atoms with Gasteiger partial charge in [0.1, 0.15) is 11.5 Å². The van der Waals surface area contributed by atoms with Crippen molar-refractivity contribution in [3.63, 3.8) is 0 Å². The molecule has 3 aromatic rings. The summed E-state index contributed by atoms with van der Waals surface area (Å²) in [4.78, 5) is 23.4. The highest BCUT2D eigenvalue weighted by Crippen LogP contribution is 2.25. The third-order valence-electron chi connectivity index (χ3n) is 4.36. The van der Waals surface area contributed by atoms with Crippen LogP contribution in [0.25, 0.3) is 0 Å². The van der Waals surface area contributed by atoms with Crippen LogP contribution in [-0.4, -0.2) is 30.6 Å². The Bertz CT molecular complexity index is 985. The van der Waals surface area contributed by atoms with E-state index in [0.717, 1.165) is 12.8 Å². The van der Waals surface area contributed by atoms with Gasteiger partial charge in [0.15, 0.2) is 5.78 Å². The van der Waals surface area contributed by atoms with E-state index in [0.29, 0.717) is 29.2 Å². The molecule has 0 aliphatic carbocycles. The van der Waals surface area contributed by atoms with Gasteiger partial charge in [-0.25, -0.2) is 4.79 Å². The summed E-state index contributed by atoms with van der Waals surface area (Å²) in [5.41, 5.74) is 7.52. The van der Waals surface area contributed by atoms with Gasteiger partial charge in [0.25, 0.3) is 0 Å². The minimum absolute atomic E-state index is 0.0711. The molecular weight excluding hydrogens is 394 g/mol. The van der Waals surface area contributed by atoms with Gasteiger partial charge in [-0.2, -0.15) is 0 Å². The van der Waals surface area contributed by atoms with Crippen LogP contribution >= 0.6 is 0 Å². The first-order valence-corrected chi connectivity index (χ1v) is 9.95. The average Bonchev–Trinajstić information content (AvgIpc) is 2.80. The van der Waals surface area contributed by atoms with E-state index in [4.69, 9.17) is 15.2 Å². The number of phenols is 1. The summed E-state index contributed by atoms with van der Waals surface area (Å²) in [7, 11) is 1.51. The lowest BCUT2D eigenvalue weighted by Crippen LogP contribution is -2.06. The molecule has 162 valence electrons. The number of methoxy groups -OCH3 is 1. The smallest absolute Gasteiger partial charge is 0.338 e. The number of hydrogen-bond donors (Lipinski definition) is 2. The molecule has 6 heteroatoms. The number of hydrogen-bond acceptors (Lipinski definition) is 6. The summed E-state index contributed by atoms with van der Waals surface area (Å²) in [6, 6.07) is 20.2. The maximum absolute atomic E-state index is 12.1. The topological polar surface area (TPSA) is 98.9 Å². The van der Waals surface area contributed by atoms with Crippen molar-refractivity contribution in [1.82, 2.24) is 0 Å². The molecule has 0 fully saturated rings. The summed E-state index contributed by atoms with van der Waals surface area (Å²) in [6.45, 7) is 2.54. The van der Waals surface area contributed by atoms with Crippen molar-refractivity contribution in [3.05, 3.63) is 89.5 Å². The number of phenolic OH excluding ortho intramolecular Hbond substituents is 1. The second kappa shape index (κ2) is 12.0. The van der Waals surface area contributed by atoms with Crippen molar-refractivity contribution in [1.29, 1.82) is 0 Å². The van der Waals surface area contributed by atoms with E-state index in [1.165, 1.54) is 13.2 Å². The number of ether oxygens (including phenoxy) is 2. The van der Waals surface area contributed by atoms with Crippen LogP contribution < -0.4 is 10.5 Å². The number of anilines is 1. The fourth-order valence-electron chi connectivity index (χ4n) is 2.59. The zero-order valence-electron chi connectivity index (χ0n) is 17.7. The van der Waals surface area contributed by atoms with Crippen molar-refractivity contribution in [2.24, 2.45) is 0 Å². The van der Waals surface area contributed by atoms with Gasteiger partial charge in [-0.15, -0.1) is 0 Å². The Kier molecular flexibility index (Phi) is 9.11. The van der Waals surface area contributed by atoms with E-state index in [1.807, 2.05) is 6.07 Å². The number of ketones is 1. The van der Waals surface area contributed by atoms with E-state index in [-0.39, 0.29) is 23.1 Å². The molecule has 0 heterocycles. The van der Waals surface area contributed by atoms with Crippen molar-refractivity contribution in [3.8, 4) is 11.5 Å². The Morgan fingerprint density at radius 2 is 1.61 bits per heavy atom. The van der Waals surface area contributed by atoms with Gasteiger partial charge in [0, 0.05) is 17.3 Å². The van der Waals surface area contributed by atoms with Crippen LogP contribution in [0.4, 0.5) is 5.69 Å². The highest BCUT2D eigenvalue weighted by atomic mass is 16.5. The number of aromatic hydroxyl groups is 1. The molecule has 31 heavy (non-hydrogen) atoms. The Labute approximate surface area is 182 Å². The quantitative estimate of drug-likeness (QED) is 0.245. The fourth-order valence-corrected chi connectivity index (χ4v) is 2.59. The molecule has 3 aromatic carbocycles. The normalized spacial score (nSPS) is 9.87. The first kappa shape index (κ1) is 23.5. The van der Waals surface area contributed by atoms with Gasteiger partial charge in [-0.3, -0.25) is 4.79 Å². The van der Waals surface area contributed by atoms with E-state index in [9.17, 15) is 14.7 Å². The Morgan fingerprint density at radius 3 is 2.19 bits per heavy atom. The molecule has 0 radical (unpaired) electrons. The number of nitrogens with two attached hydrogens (primary N) is 1. The predicted molar refractivity (Wildman–Crippen MR) is 121 cm³/mol. The monoisotopic (exact) mass is 421 g/mol. The molecule has 0 bridgehead atoms. The zero-order valence-corrected chi connectivity index (χ0v) is 17.7. The van der Waals surface area contributed by atoms with Crippen LogP contribution in [0.2, 0.25) is 0 Å². The summed E-state index contributed by atoms with van der Waals surface area (Å²) in [5.74, 6) is -0.0329. The summed E-state index contributed by atoms with van der Waals surface area (Å²) in [5, 5.41) is 9.75. The van der Waals surface area contributed by atoms with Crippen molar-refractivity contribution >= 4 is 17.4 Å². The minimum Gasteiger partial charge on any atom is -0.507 e. The van der Waals surface area contributed by atoms with Crippen molar-refractivity contribution in [2.75, 3.05) is 19.5 Å². The molecule has 0 saturated heterocycles. The van der Waals surface area contributed by atoms with Gasteiger partial charge >= 0.3 is 5.97 Å². The second-order valence-corrected chi connectivity index (χ2v) is 6.69. The third-order valence-corrected chi connectivity index (χ3v) is 4.36. The van der Waals surface area contributed by atoms with Gasteiger partial charge in [0.05, 0.1) is 24.8 Å². The lowest BCUT2D eigenvalue weighted by molar-refractivity contribution is 0.0499. The van der Waals surface area contributed by atoms with Crippen LogP contribution in [0.1, 0.15) is 46.0 Å². The zero-order chi connectivity index (χ0) is 22.6. The van der Waals surface area contributed by atoms with E-state index in [1.54, 1.807) is 60.7 Å². The average molecular weight is 421 g/mol. The number of rotatable bonds is 7. The van der Waals surface area contributed by atoms with Gasteiger partial charge in [-0.05, 0) is 42.8 Å². The molecule has 0 amide bonds. The number of unbranched alkanes of at least 4 members (excludes halogenated alkanes) is 1. The maximum Gasteiger partial charge on any atom is 0.338 e. The van der Waals surface area contributed by atoms with E-state index in [2.05, 4.69) is 6.92 Å². The molecule has 0 spiro atoms. The Hall–Kier alpha value is -3.80. The SMILES string of the molecule is CCCCOC(=O)c1ccc(N)cc1.COc1ccc(C(=O)c2ccccc2)c(O)c1. The number of carbonyl (C=O) groups is 2. The van der Waals surface area contributed by atoms with Crippen LogP contribution in [0, 0.1) is 0 Å². The Balaban J connectivity index is 0.000000225. The van der Waals surface area contributed by atoms with Crippen LogP contribution in [-0.2, 0) is 4.74 Å². The van der Waals surface area contributed by atoms with Gasteiger partial charge in [0.2, 0.25) is 0 Å². The van der Waals surface area contributed by atoms with Crippen molar-refractivity contribution < 1.29 is 24.2 Å². The highest BCUT2D eigenvalue weighted by Gasteiger charge is 2.13. The third kappa shape index (κ3) is 7.19. The largest absolute Gasteiger partial charge is 0.507 e. The van der Waals surface area contributed by atoms with E-state index < -0.39 is 0 Å². The number of esters is 1. The Morgan fingerprint density at radius 1 is 0.935 bits per heavy atom. The fraction of sp³-hybridized carbons (Fsp3) is 0.200. The minimum atomic E-state index is -0.279. The van der Waals surface area contributed by atoms with Gasteiger partial charge < -0.3 is 20.3 Å². The molecule has 0 unspecified atom stereocenters. The summed E-state index contributed by atoms with van der Waals surface area (Å²) in [6.07, 6.45) is 1.93. The lowest BCUT2D eigenvalue weighted by atomic mass is 10.0. The van der Waals surface area contributed by atoms with Crippen LogP contribution in [0.3, 0.4) is 0 Å². The van der Waals surface area contributed by atoms with Crippen LogP contribution in [0.5, 0.6) is 11.5 Å². The van der Waals surface area contributed by atoms with Gasteiger partial charge in [-0.1, -0.05) is 43.7 Å². The van der Waals surface area contributed by atoms with Crippen LogP contribution in [0.15, 0.2) is 72.8 Å². The molecule has 0 atom stereocenters. The maximum atomic E-state index is 12.1.